The minimum absolute atomic E-state index is 0.401. The number of fused-ring (bicyclic) bond motifs is 1. The highest BCUT2D eigenvalue weighted by atomic mass is 79.9. The first kappa shape index (κ1) is 20.6. The molecule has 0 aliphatic rings. The molecule has 31 heavy (non-hydrogen) atoms. The first-order valence-corrected chi connectivity index (χ1v) is 10.6. The van der Waals surface area contributed by atoms with E-state index in [1.165, 1.54) is 0 Å². The van der Waals surface area contributed by atoms with Gasteiger partial charge in [-0.05, 0) is 63.5 Å². The second kappa shape index (κ2) is 9.02. The van der Waals surface area contributed by atoms with E-state index in [0.29, 0.717) is 35.4 Å². The van der Waals surface area contributed by atoms with Crippen LogP contribution >= 0.6 is 15.9 Å². The monoisotopic (exact) mass is 473 g/mol. The molecule has 154 valence electrons. The minimum Gasteiger partial charge on any atom is -0.437 e. The van der Waals surface area contributed by atoms with Crippen molar-refractivity contribution in [2.45, 2.75) is 13.3 Å². The number of aromatic nitrogens is 2. The van der Waals surface area contributed by atoms with E-state index in [4.69, 9.17) is 10.00 Å². The standard InChI is InChI=1S/C24H20BrN5O/c1-3-18-22(27-2)29-24(28-17-11-8-15(14-26)9-12-17)30-23(18)31-20-13-10-16-6-4-5-7-19(16)21(20)25/h4-13H,3H2,1-2H3,(H2,27,28,29,30). The van der Waals surface area contributed by atoms with Gasteiger partial charge in [-0.15, -0.1) is 0 Å². The Morgan fingerprint density at radius 2 is 1.81 bits per heavy atom. The Morgan fingerprint density at radius 3 is 2.52 bits per heavy atom. The van der Waals surface area contributed by atoms with E-state index in [1.54, 1.807) is 12.1 Å². The maximum absolute atomic E-state index is 8.99. The van der Waals surface area contributed by atoms with Gasteiger partial charge in [-0.3, -0.25) is 0 Å². The molecule has 2 N–H and O–H groups in total. The zero-order chi connectivity index (χ0) is 21.8. The predicted molar refractivity (Wildman–Crippen MR) is 127 cm³/mol. The molecule has 0 aliphatic carbocycles. The van der Waals surface area contributed by atoms with E-state index in [2.05, 4.69) is 48.7 Å². The number of nitrogens with zero attached hydrogens (tertiary/aromatic N) is 3. The van der Waals surface area contributed by atoms with Crippen LogP contribution in [0.2, 0.25) is 0 Å². The van der Waals surface area contributed by atoms with Crippen LogP contribution in [0.4, 0.5) is 17.5 Å². The molecule has 0 bridgehead atoms. The summed E-state index contributed by atoms with van der Waals surface area (Å²) in [6.45, 7) is 2.04. The zero-order valence-corrected chi connectivity index (χ0v) is 18.7. The first-order chi connectivity index (χ1) is 15.1. The van der Waals surface area contributed by atoms with Crippen molar-refractivity contribution in [1.29, 1.82) is 5.26 Å². The van der Waals surface area contributed by atoms with Gasteiger partial charge in [0.1, 0.15) is 11.6 Å². The van der Waals surface area contributed by atoms with Crippen LogP contribution in [0.1, 0.15) is 18.1 Å². The van der Waals surface area contributed by atoms with Crippen molar-refractivity contribution in [3.05, 3.63) is 76.3 Å². The topological polar surface area (TPSA) is 82.9 Å². The fourth-order valence-corrected chi connectivity index (χ4v) is 3.86. The van der Waals surface area contributed by atoms with Gasteiger partial charge in [0.25, 0.3) is 0 Å². The van der Waals surface area contributed by atoms with Crippen LogP contribution in [0.15, 0.2) is 65.1 Å². The third-order valence-corrected chi connectivity index (χ3v) is 5.68. The largest absolute Gasteiger partial charge is 0.437 e. The van der Waals surface area contributed by atoms with E-state index in [1.807, 2.05) is 56.4 Å². The minimum atomic E-state index is 0.401. The number of hydrogen-bond acceptors (Lipinski definition) is 6. The third-order valence-electron chi connectivity index (χ3n) is 4.86. The van der Waals surface area contributed by atoms with Gasteiger partial charge in [0.2, 0.25) is 11.8 Å². The van der Waals surface area contributed by atoms with Gasteiger partial charge < -0.3 is 15.4 Å². The highest BCUT2D eigenvalue weighted by Gasteiger charge is 2.17. The van der Waals surface area contributed by atoms with Crippen molar-refractivity contribution in [3.8, 4) is 17.7 Å². The van der Waals surface area contributed by atoms with Crippen LogP contribution in [0.5, 0.6) is 11.6 Å². The van der Waals surface area contributed by atoms with Gasteiger partial charge in [-0.2, -0.15) is 15.2 Å². The number of halogens is 1. The second-order valence-electron chi connectivity index (χ2n) is 6.80. The maximum Gasteiger partial charge on any atom is 0.232 e. The van der Waals surface area contributed by atoms with Gasteiger partial charge in [0.05, 0.1) is 21.7 Å². The third kappa shape index (κ3) is 4.30. The number of rotatable bonds is 6. The summed E-state index contributed by atoms with van der Waals surface area (Å²) in [5, 5.41) is 17.5. The van der Waals surface area contributed by atoms with Gasteiger partial charge in [-0.1, -0.05) is 37.3 Å². The number of nitriles is 1. The number of ether oxygens (including phenoxy) is 1. The average Bonchev–Trinajstić information content (AvgIpc) is 2.81. The van der Waals surface area contributed by atoms with Crippen LogP contribution in [-0.2, 0) is 6.42 Å². The Kier molecular flexibility index (Phi) is 6.01. The summed E-state index contributed by atoms with van der Waals surface area (Å²) < 4.78 is 7.15. The summed E-state index contributed by atoms with van der Waals surface area (Å²) in [5.41, 5.74) is 2.25. The summed E-state index contributed by atoms with van der Waals surface area (Å²) in [7, 11) is 1.82. The SMILES string of the molecule is CCc1c(NC)nc(Nc2ccc(C#N)cc2)nc1Oc1ccc2ccccc2c1Br. The molecule has 1 heterocycles. The van der Waals surface area contributed by atoms with Crippen molar-refractivity contribution in [1.82, 2.24) is 9.97 Å². The van der Waals surface area contributed by atoms with Gasteiger partial charge in [0.15, 0.2) is 0 Å². The number of nitrogens with one attached hydrogen (secondary N) is 2. The molecule has 7 heteroatoms. The fourth-order valence-electron chi connectivity index (χ4n) is 3.28. The van der Waals surface area contributed by atoms with Gasteiger partial charge in [0, 0.05) is 12.7 Å². The van der Waals surface area contributed by atoms with E-state index < -0.39 is 0 Å². The van der Waals surface area contributed by atoms with Crippen molar-refractivity contribution >= 4 is 44.2 Å². The normalized spacial score (nSPS) is 10.5. The number of hydrogen-bond donors (Lipinski definition) is 2. The Bertz CT molecular complexity index is 1280. The van der Waals surface area contributed by atoms with E-state index >= 15 is 0 Å². The maximum atomic E-state index is 8.99. The highest BCUT2D eigenvalue weighted by Crippen LogP contribution is 2.37. The Labute approximate surface area is 189 Å². The molecule has 1 aromatic heterocycles. The summed E-state index contributed by atoms with van der Waals surface area (Å²) in [6.07, 6.45) is 0.702. The molecule has 4 rings (SSSR count). The Morgan fingerprint density at radius 1 is 1.03 bits per heavy atom. The lowest BCUT2D eigenvalue weighted by molar-refractivity contribution is 0.455. The number of benzene rings is 3. The number of anilines is 3. The molecular weight excluding hydrogens is 454 g/mol. The lowest BCUT2D eigenvalue weighted by atomic mass is 10.1. The van der Waals surface area contributed by atoms with Crippen molar-refractivity contribution in [2.75, 3.05) is 17.7 Å². The molecule has 0 fully saturated rings. The lowest BCUT2D eigenvalue weighted by Crippen LogP contribution is -2.07. The van der Waals surface area contributed by atoms with Crippen molar-refractivity contribution < 1.29 is 4.74 Å². The molecule has 0 spiro atoms. The van der Waals surface area contributed by atoms with Crippen LogP contribution in [-0.4, -0.2) is 17.0 Å². The van der Waals surface area contributed by atoms with Crippen LogP contribution in [0.25, 0.3) is 10.8 Å². The summed E-state index contributed by atoms with van der Waals surface area (Å²) >= 11 is 3.68. The smallest absolute Gasteiger partial charge is 0.232 e. The molecule has 6 nitrogen and oxygen atoms in total. The highest BCUT2D eigenvalue weighted by molar-refractivity contribution is 9.10. The van der Waals surface area contributed by atoms with Crippen LogP contribution < -0.4 is 15.4 Å². The summed E-state index contributed by atoms with van der Waals surface area (Å²) in [4.78, 5) is 9.22. The van der Waals surface area contributed by atoms with Gasteiger partial charge >= 0.3 is 0 Å². The van der Waals surface area contributed by atoms with E-state index in [-0.39, 0.29) is 0 Å². The molecule has 0 atom stereocenters. The first-order valence-electron chi connectivity index (χ1n) is 9.84. The van der Waals surface area contributed by atoms with Crippen molar-refractivity contribution in [3.63, 3.8) is 0 Å². The summed E-state index contributed by atoms with van der Waals surface area (Å²) in [5.74, 6) is 2.26. The summed E-state index contributed by atoms with van der Waals surface area (Å²) in [6, 6.07) is 21.3. The Hall–Kier alpha value is -3.63. The molecule has 3 aromatic carbocycles. The molecule has 0 amide bonds. The van der Waals surface area contributed by atoms with E-state index in [0.717, 1.165) is 26.5 Å². The van der Waals surface area contributed by atoms with Gasteiger partial charge in [-0.25, -0.2) is 0 Å². The second-order valence-corrected chi connectivity index (χ2v) is 7.59. The molecular formula is C24H20BrN5O. The zero-order valence-electron chi connectivity index (χ0n) is 17.1. The van der Waals surface area contributed by atoms with Crippen LogP contribution in [0, 0.1) is 11.3 Å². The molecule has 4 aromatic rings. The van der Waals surface area contributed by atoms with Crippen LogP contribution in [0.3, 0.4) is 0 Å². The molecule has 0 aliphatic heterocycles. The molecule has 0 radical (unpaired) electrons. The average molecular weight is 474 g/mol. The lowest BCUT2D eigenvalue weighted by Gasteiger charge is -2.16. The predicted octanol–water partition coefficient (Wildman–Crippen LogP) is 6.40. The fraction of sp³-hybridized carbons (Fsp3) is 0.125. The molecule has 0 saturated heterocycles. The molecule has 0 unspecified atom stereocenters. The van der Waals surface area contributed by atoms with Crippen molar-refractivity contribution in [2.24, 2.45) is 0 Å². The quantitative estimate of drug-likeness (QED) is 0.336. The Balaban J connectivity index is 1.73. The van der Waals surface area contributed by atoms with E-state index in [9.17, 15) is 0 Å². The molecule has 0 saturated carbocycles.